The molecule has 0 bridgehead atoms. The van der Waals surface area contributed by atoms with Crippen LogP contribution in [0.5, 0.6) is 0 Å². The highest BCUT2D eigenvalue weighted by Crippen LogP contribution is 2.77. The zero-order valence-electron chi connectivity index (χ0n) is 30.3. The Bertz CT molecular complexity index is 1370. The molecular formula is C41H61NO6. The molecule has 0 radical (unpaired) electrons. The maximum absolute atomic E-state index is 11.4. The molecule has 0 aromatic heterocycles. The molecule has 0 amide bonds. The summed E-state index contributed by atoms with van der Waals surface area (Å²) in [7, 11) is 0. The van der Waals surface area contributed by atoms with E-state index in [0.717, 1.165) is 17.8 Å². The number of allylic oxidation sites excluding steroid dienone is 2. The Hall–Kier alpha value is -2.93. The molecule has 6 unspecified atom stereocenters. The van der Waals surface area contributed by atoms with Crippen LogP contribution in [0.1, 0.15) is 128 Å². The van der Waals surface area contributed by atoms with Crippen LogP contribution in [0, 0.1) is 50.7 Å². The fourth-order valence-electron chi connectivity index (χ4n) is 12.2. The average molecular weight is 664 g/mol. The summed E-state index contributed by atoms with van der Waals surface area (Å²) >= 11 is 0. The molecule has 266 valence electrons. The molecule has 5 aliphatic carbocycles. The van der Waals surface area contributed by atoms with Crippen molar-refractivity contribution >= 4 is 24.0 Å². The second-order valence-electron chi connectivity index (χ2n) is 17.0. The van der Waals surface area contributed by atoms with Gasteiger partial charge in [0.05, 0.1) is 12.0 Å². The first-order valence-corrected chi connectivity index (χ1v) is 18.2. The van der Waals surface area contributed by atoms with Crippen LogP contribution in [-0.2, 0) is 9.59 Å². The molecule has 5 aliphatic rings. The highest BCUT2D eigenvalue weighted by molar-refractivity contribution is 5.88. The van der Waals surface area contributed by atoms with Crippen molar-refractivity contribution in [3.05, 3.63) is 54.1 Å². The lowest BCUT2D eigenvalue weighted by Crippen LogP contribution is -2.64. The van der Waals surface area contributed by atoms with Gasteiger partial charge in [0.1, 0.15) is 0 Å². The van der Waals surface area contributed by atoms with Crippen molar-refractivity contribution in [2.75, 3.05) is 13.1 Å². The van der Waals surface area contributed by atoms with Gasteiger partial charge in [-0.15, -0.1) is 6.58 Å². The summed E-state index contributed by atoms with van der Waals surface area (Å²) in [5, 5.41) is 27.3. The highest BCUT2D eigenvalue weighted by atomic mass is 16.4. The van der Waals surface area contributed by atoms with Gasteiger partial charge in [0.15, 0.2) is 0 Å². The maximum atomic E-state index is 11.4. The van der Waals surface area contributed by atoms with Gasteiger partial charge in [0, 0.05) is 13.1 Å². The molecule has 8 atom stereocenters. The Labute approximate surface area is 288 Å². The van der Waals surface area contributed by atoms with Crippen molar-refractivity contribution in [2.45, 2.75) is 112 Å². The third kappa shape index (κ3) is 6.65. The van der Waals surface area contributed by atoms with Crippen molar-refractivity contribution in [2.24, 2.45) is 50.7 Å². The smallest absolute Gasteiger partial charge is 0.335 e. The van der Waals surface area contributed by atoms with Gasteiger partial charge in [-0.05, 0) is 132 Å². The van der Waals surface area contributed by atoms with Crippen LogP contribution in [0.2, 0.25) is 0 Å². The molecule has 4 N–H and O–H groups in total. The van der Waals surface area contributed by atoms with Crippen LogP contribution in [0.15, 0.2) is 43.0 Å². The van der Waals surface area contributed by atoms with E-state index in [-0.39, 0.29) is 18.3 Å². The number of nitrogens with one attached hydrogen (secondary N) is 1. The lowest BCUT2D eigenvalue weighted by molar-refractivity contribution is -0.221. The predicted octanol–water partition coefficient (Wildman–Crippen LogP) is 9.19. The molecule has 0 heterocycles. The molecule has 0 spiro atoms. The zero-order chi connectivity index (χ0) is 35.5. The maximum Gasteiger partial charge on any atom is 0.335 e. The lowest BCUT2D eigenvalue weighted by Gasteiger charge is -2.72. The molecule has 0 saturated heterocycles. The summed E-state index contributed by atoms with van der Waals surface area (Å²) in [5.41, 5.74) is 5.00. The zero-order valence-corrected chi connectivity index (χ0v) is 30.3. The van der Waals surface area contributed by atoms with Gasteiger partial charge < -0.3 is 20.6 Å². The van der Waals surface area contributed by atoms with Crippen molar-refractivity contribution in [3.63, 3.8) is 0 Å². The molecule has 4 saturated carbocycles. The minimum absolute atomic E-state index is 0.0907. The number of aliphatic carboxylic acids is 1. The normalized spacial score (nSPS) is 37.2. The fourth-order valence-corrected chi connectivity index (χ4v) is 12.2. The molecule has 7 nitrogen and oxygen atoms in total. The molecule has 4 fully saturated rings. The average Bonchev–Trinajstić information content (AvgIpc) is 3.42. The minimum Gasteiger partial charge on any atom is -0.483 e. The first-order chi connectivity index (χ1) is 22.6. The molecule has 6 rings (SSSR count). The van der Waals surface area contributed by atoms with E-state index in [1.54, 1.807) is 18.2 Å². The number of fused-ring (bicyclic) bond motifs is 7. The first kappa shape index (κ1) is 37.9. The number of rotatable bonds is 7. The second-order valence-corrected chi connectivity index (χ2v) is 17.0. The fraction of sp³-hybridized carbons (Fsp3) is 0.683. The third-order valence-electron chi connectivity index (χ3n) is 14.6. The van der Waals surface area contributed by atoms with Crippen molar-refractivity contribution in [3.8, 4) is 0 Å². The molecular weight excluding hydrogens is 602 g/mol. The summed E-state index contributed by atoms with van der Waals surface area (Å²) in [6.45, 7) is 20.1. The number of carboxylic acids is 2. The molecule has 7 heteroatoms. The summed E-state index contributed by atoms with van der Waals surface area (Å²) in [6, 6.07) is 7.64. The number of hydrogen-bond acceptors (Lipinski definition) is 4. The summed E-state index contributed by atoms with van der Waals surface area (Å²) in [4.78, 5) is 29.7. The topological polar surface area (TPSA) is 124 Å². The highest BCUT2D eigenvalue weighted by Gasteiger charge is 2.68. The Morgan fingerprint density at radius 3 is 2.15 bits per heavy atom. The number of benzene rings is 1. The van der Waals surface area contributed by atoms with Crippen LogP contribution < -0.4 is 5.32 Å². The summed E-state index contributed by atoms with van der Waals surface area (Å²) in [6.07, 6.45) is 18.5. The third-order valence-corrected chi connectivity index (χ3v) is 14.6. The van der Waals surface area contributed by atoms with Crippen molar-refractivity contribution < 1.29 is 29.7 Å². The van der Waals surface area contributed by atoms with E-state index in [1.165, 1.54) is 75.3 Å². The Balaban J connectivity index is 0.000000374. The summed E-state index contributed by atoms with van der Waals surface area (Å²) in [5.74, 6) is 1.73. The van der Waals surface area contributed by atoms with Gasteiger partial charge in [-0.3, -0.25) is 9.59 Å². The van der Waals surface area contributed by atoms with Crippen LogP contribution in [0.3, 0.4) is 0 Å². The Kier molecular flexibility index (Phi) is 11.4. The van der Waals surface area contributed by atoms with Gasteiger partial charge in [0.25, 0.3) is 6.47 Å². The second kappa shape index (κ2) is 14.5. The number of hydrogen-bond donors (Lipinski definition) is 4. The van der Waals surface area contributed by atoms with E-state index in [4.69, 9.17) is 15.0 Å². The van der Waals surface area contributed by atoms with E-state index in [1.807, 2.05) is 12.1 Å². The van der Waals surface area contributed by atoms with Crippen molar-refractivity contribution in [1.82, 2.24) is 5.32 Å². The first-order valence-electron chi connectivity index (χ1n) is 18.2. The van der Waals surface area contributed by atoms with Crippen LogP contribution in [0.4, 0.5) is 0 Å². The Morgan fingerprint density at radius 1 is 0.875 bits per heavy atom. The molecule has 0 aliphatic heterocycles. The van der Waals surface area contributed by atoms with E-state index in [0.29, 0.717) is 46.2 Å². The minimum atomic E-state index is -0.845. The van der Waals surface area contributed by atoms with E-state index in [2.05, 4.69) is 59.5 Å². The largest absolute Gasteiger partial charge is 0.483 e. The van der Waals surface area contributed by atoms with E-state index in [9.17, 15) is 14.7 Å². The number of aromatic carboxylic acids is 1. The van der Waals surface area contributed by atoms with Gasteiger partial charge in [0.2, 0.25) is 0 Å². The van der Waals surface area contributed by atoms with E-state index >= 15 is 0 Å². The van der Waals surface area contributed by atoms with Crippen LogP contribution in [-0.4, -0.2) is 46.8 Å². The van der Waals surface area contributed by atoms with Gasteiger partial charge >= 0.3 is 11.9 Å². The number of carbonyl (C=O) groups is 3. The standard InChI is InChI=1S/C34H48O2.C6H11NO2.CH2O2/c1-30(2)24(22-9-11-23(12-10-22)29(35)36)15-18-32(4)27(30)16-19-34(6)28(32)14-13-26-25-8-7-17-31(25,3)20-21-33(26,34)5;1-2-4-7-5-3-6(8)9;2-1-3/h9-12,15,25-28H,7-8,13-14,16-21H2,1-6H3,(H,35,36);2,7H,1,3-5H2,(H,8,9);1H,(H,2,3)/t25-,26?,27?,28?,31?,32?,33-,34?;;/m1../s1. The molecule has 1 aromatic rings. The van der Waals surface area contributed by atoms with Gasteiger partial charge in [-0.25, -0.2) is 4.79 Å². The predicted molar refractivity (Wildman–Crippen MR) is 192 cm³/mol. The lowest BCUT2D eigenvalue weighted by atomic mass is 9.33. The van der Waals surface area contributed by atoms with Gasteiger partial charge in [-0.2, -0.15) is 0 Å². The van der Waals surface area contributed by atoms with Crippen LogP contribution >= 0.6 is 0 Å². The van der Waals surface area contributed by atoms with Gasteiger partial charge in [-0.1, -0.05) is 72.2 Å². The Morgan fingerprint density at radius 2 is 1.54 bits per heavy atom. The molecule has 1 aromatic carbocycles. The summed E-state index contributed by atoms with van der Waals surface area (Å²) < 4.78 is 0. The quantitative estimate of drug-likeness (QED) is 0.130. The SMILES string of the molecule is C=CCNCCC(=O)O.CC1(C)C(c2ccc(C(=O)O)cc2)=CCC2(C)C1CCC1(C)C2CCC2[C@H]3CCCC3(C)CC[C@]21C.O=CO. The molecule has 48 heavy (non-hydrogen) atoms. The van der Waals surface area contributed by atoms with Crippen molar-refractivity contribution in [1.29, 1.82) is 0 Å². The number of carboxylic acid groups (broad SMARTS) is 3. The van der Waals surface area contributed by atoms with E-state index < -0.39 is 11.9 Å². The monoisotopic (exact) mass is 663 g/mol. The van der Waals surface area contributed by atoms with Crippen LogP contribution in [0.25, 0.3) is 5.57 Å².